The van der Waals surface area contributed by atoms with Crippen LogP contribution in [0.1, 0.15) is 16.8 Å². The average Bonchev–Trinajstić information content (AvgIpc) is 2.95. The Morgan fingerprint density at radius 1 is 1.35 bits per heavy atom. The monoisotopic (exact) mass is 350 g/mol. The number of anilines is 1. The Kier molecular flexibility index (Phi) is 6.18. The van der Waals surface area contributed by atoms with Gasteiger partial charge in [0.2, 0.25) is 5.91 Å². The van der Waals surface area contributed by atoms with E-state index in [2.05, 4.69) is 33.2 Å². The van der Waals surface area contributed by atoms with Crippen LogP contribution in [0.5, 0.6) is 0 Å². The molecule has 0 aliphatic heterocycles. The third-order valence-electron chi connectivity index (χ3n) is 3.05. The number of ether oxygens (including phenoxy) is 1. The highest BCUT2D eigenvalue weighted by molar-refractivity contribution is 8.00. The Balaban J connectivity index is 1.87. The van der Waals surface area contributed by atoms with Crippen molar-refractivity contribution in [2.75, 3.05) is 18.2 Å². The Bertz CT molecular complexity index is 713. The molecule has 0 saturated heterocycles. The first-order valence-corrected chi connectivity index (χ1v) is 8.85. The van der Waals surface area contributed by atoms with E-state index in [1.165, 1.54) is 35.8 Å². The second-order valence-corrected chi connectivity index (χ2v) is 6.88. The van der Waals surface area contributed by atoms with Gasteiger partial charge in [0.05, 0.1) is 25.0 Å². The Hall–Kier alpha value is -1.86. The molecule has 0 saturated carbocycles. The van der Waals surface area contributed by atoms with Gasteiger partial charge in [-0.25, -0.2) is 4.98 Å². The summed E-state index contributed by atoms with van der Waals surface area (Å²) in [6, 6.07) is 6.18. The van der Waals surface area contributed by atoms with E-state index in [1.54, 1.807) is 5.38 Å². The van der Waals surface area contributed by atoms with Crippen molar-refractivity contribution < 1.29 is 14.3 Å². The number of hydrogen-bond donors (Lipinski definition) is 1. The van der Waals surface area contributed by atoms with Gasteiger partial charge in [-0.3, -0.25) is 9.59 Å². The lowest BCUT2D eigenvalue weighted by atomic mass is 10.2. The third-order valence-corrected chi connectivity index (χ3v) is 5.02. The number of aromatic nitrogens is 1. The number of carbonyl (C=O) groups excluding carboxylic acids is 2. The van der Waals surface area contributed by atoms with Gasteiger partial charge in [-0.1, -0.05) is 17.7 Å². The van der Waals surface area contributed by atoms with Crippen molar-refractivity contribution in [1.82, 2.24) is 4.98 Å². The number of carbonyl (C=O) groups is 2. The summed E-state index contributed by atoms with van der Waals surface area (Å²) in [5, 5.41) is 4.99. The predicted molar refractivity (Wildman–Crippen MR) is 93.1 cm³/mol. The lowest BCUT2D eigenvalue weighted by Crippen LogP contribution is -2.14. The Morgan fingerprint density at radius 2 is 2.13 bits per heavy atom. The summed E-state index contributed by atoms with van der Waals surface area (Å²) < 4.78 is 4.59. The maximum atomic E-state index is 12.0. The van der Waals surface area contributed by atoms with Crippen LogP contribution in [0.2, 0.25) is 0 Å². The van der Waals surface area contributed by atoms with Gasteiger partial charge in [0, 0.05) is 10.3 Å². The number of nitrogens with one attached hydrogen (secondary N) is 1. The zero-order valence-electron chi connectivity index (χ0n) is 13.2. The van der Waals surface area contributed by atoms with Crippen LogP contribution >= 0.6 is 23.1 Å². The quantitative estimate of drug-likeness (QED) is 0.640. The Morgan fingerprint density at radius 3 is 2.87 bits per heavy atom. The van der Waals surface area contributed by atoms with Crippen molar-refractivity contribution in [3.05, 3.63) is 40.4 Å². The fourth-order valence-corrected chi connectivity index (χ4v) is 3.48. The van der Waals surface area contributed by atoms with E-state index >= 15 is 0 Å². The number of esters is 1. The molecule has 1 amide bonds. The molecule has 0 radical (unpaired) electrons. The van der Waals surface area contributed by atoms with Crippen LogP contribution in [0.25, 0.3) is 0 Å². The summed E-state index contributed by atoms with van der Waals surface area (Å²) in [5.74, 6) is -0.149. The first-order chi connectivity index (χ1) is 11.0. The molecule has 1 aromatic heterocycles. The molecule has 0 aliphatic rings. The number of methoxy groups -OCH3 is 1. The highest BCUT2D eigenvalue weighted by Crippen LogP contribution is 2.24. The lowest BCUT2D eigenvalue weighted by molar-refractivity contribution is -0.139. The van der Waals surface area contributed by atoms with E-state index in [4.69, 9.17) is 0 Å². The number of amides is 1. The van der Waals surface area contributed by atoms with Crippen LogP contribution in [0.4, 0.5) is 5.13 Å². The first-order valence-electron chi connectivity index (χ1n) is 6.99. The van der Waals surface area contributed by atoms with Gasteiger partial charge in [-0.2, -0.15) is 0 Å². The van der Waals surface area contributed by atoms with Gasteiger partial charge in [0.15, 0.2) is 5.13 Å². The van der Waals surface area contributed by atoms with Crippen LogP contribution in [-0.2, 0) is 20.7 Å². The number of nitrogens with zero attached hydrogens (tertiary/aromatic N) is 1. The molecule has 23 heavy (non-hydrogen) atoms. The molecule has 5 nitrogen and oxygen atoms in total. The molecular formula is C16H18N2O3S2. The largest absolute Gasteiger partial charge is 0.469 e. The molecule has 1 N–H and O–H groups in total. The fraction of sp³-hybridized carbons (Fsp3) is 0.312. The number of hydrogen-bond acceptors (Lipinski definition) is 6. The number of rotatable bonds is 6. The van der Waals surface area contributed by atoms with Crippen LogP contribution < -0.4 is 5.32 Å². The Labute approximate surface area is 143 Å². The summed E-state index contributed by atoms with van der Waals surface area (Å²) in [4.78, 5) is 28.5. The summed E-state index contributed by atoms with van der Waals surface area (Å²) >= 11 is 2.80. The number of aryl methyl sites for hydroxylation is 2. The standard InChI is InChI=1S/C16H18N2O3S2/c1-10-4-5-11(2)13(6-10)22-9-14(19)18-16-17-12(8-23-16)7-15(20)21-3/h4-6,8H,7,9H2,1-3H3,(H,17,18,19). The molecule has 2 rings (SSSR count). The topological polar surface area (TPSA) is 68.3 Å². The predicted octanol–water partition coefficient (Wildman–Crippen LogP) is 3.21. The molecule has 122 valence electrons. The maximum absolute atomic E-state index is 12.0. The van der Waals surface area contributed by atoms with E-state index in [1.807, 2.05) is 13.8 Å². The zero-order chi connectivity index (χ0) is 16.8. The number of thiazole rings is 1. The van der Waals surface area contributed by atoms with E-state index in [0.29, 0.717) is 16.6 Å². The third kappa shape index (κ3) is 5.37. The molecule has 0 aliphatic carbocycles. The van der Waals surface area contributed by atoms with Gasteiger partial charge in [-0.05, 0) is 25.5 Å². The molecule has 0 fully saturated rings. The summed E-state index contributed by atoms with van der Waals surface area (Å²) in [6.07, 6.45) is 0.111. The number of benzene rings is 1. The van der Waals surface area contributed by atoms with Gasteiger partial charge in [-0.15, -0.1) is 23.1 Å². The fourth-order valence-electron chi connectivity index (χ4n) is 1.83. The highest BCUT2D eigenvalue weighted by atomic mass is 32.2. The second kappa shape index (κ2) is 8.12. The zero-order valence-corrected chi connectivity index (χ0v) is 14.8. The van der Waals surface area contributed by atoms with Gasteiger partial charge >= 0.3 is 5.97 Å². The molecule has 2 aromatic rings. The SMILES string of the molecule is COC(=O)Cc1csc(NC(=O)CSc2cc(C)ccc2C)n1. The molecule has 1 aromatic carbocycles. The van der Waals surface area contributed by atoms with Crippen LogP contribution in [0.3, 0.4) is 0 Å². The summed E-state index contributed by atoms with van der Waals surface area (Å²) in [6.45, 7) is 4.06. The van der Waals surface area contributed by atoms with Crippen molar-refractivity contribution >= 4 is 40.1 Å². The normalized spacial score (nSPS) is 10.4. The lowest BCUT2D eigenvalue weighted by Gasteiger charge is -2.06. The van der Waals surface area contributed by atoms with Crippen molar-refractivity contribution in [2.45, 2.75) is 25.2 Å². The van der Waals surface area contributed by atoms with E-state index in [0.717, 1.165) is 10.5 Å². The van der Waals surface area contributed by atoms with Crippen molar-refractivity contribution in [3.63, 3.8) is 0 Å². The van der Waals surface area contributed by atoms with Crippen LogP contribution in [-0.4, -0.2) is 29.7 Å². The van der Waals surface area contributed by atoms with E-state index in [-0.39, 0.29) is 18.3 Å². The molecule has 1 heterocycles. The smallest absolute Gasteiger partial charge is 0.311 e. The highest BCUT2D eigenvalue weighted by Gasteiger charge is 2.11. The van der Waals surface area contributed by atoms with E-state index < -0.39 is 0 Å². The molecule has 0 atom stereocenters. The average molecular weight is 350 g/mol. The van der Waals surface area contributed by atoms with E-state index in [9.17, 15) is 9.59 Å². The summed E-state index contributed by atoms with van der Waals surface area (Å²) in [7, 11) is 1.34. The molecule has 7 heteroatoms. The first kappa shape index (κ1) is 17.5. The minimum atomic E-state index is -0.348. The minimum Gasteiger partial charge on any atom is -0.469 e. The van der Waals surface area contributed by atoms with Crippen LogP contribution in [0, 0.1) is 13.8 Å². The molecule has 0 spiro atoms. The maximum Gasteiger partial charge on any atom is 0.311 e. The van der Waals surface area contributed by atoms with Crippen molar-refractivity contribution in [2.24, 2.45) is 0 Å². The summed E-state index contributed by atoms with van der Waals surface area (Å²) in [5.41, 5.74) is 2.92. The molecule has 0 unspecified atom stereocenters. The van der Waals surface area contributed by atoms with Gasteiger partial charge < -0.3 is 10.1 Å². The number of thioether (sulfide) groups is 1. The van der Waals surface area contributed by atoms with Crippen molar-refractivity contribution in [1.29, 1.82) is 0 Å². The second-order valence-electron chi connectivity index (χ2n) is 5.00. The van der Waals surface area contributed by atoms with Crippen molar-refractivity contribution in [3.8, 4) is 0 Å². The van der Waals surface area contributed by atoms with Crippen LogP contribution in [0.15, 0.2) is 28.5 Å². The van der Waals surface area contributed by atoms with Gasteiger partial charge in [0.1, 0.15) is 0 Å². The molecular weight excluding hydrogens is 332 g/mol. The van der Waals surface area contributed by atoms with Gasteiger partial charge in [0.25, 0.3) is 0 Å². The minimum absolute atomic E-state index is 0.111. The molecule has 0 bridgehead atoms.